The molecule has 30 heavy (non-hydrogen) atoms. The van der Waals surface area contributed by atoms with Crippen LogP contribution in [0.15, 0.2) is 29.1 Å². The number of ether oxygens (including phenoxy) is 1. The highest BCUT2D eigenvalue weighted by Gasteiger charge is 2.32. The van der Waals surface area contributed by atoms with Gasteiger partial charge in [0.2, 0.25) is 5.91 Å². The average molecular weight is 429 g/mol. The van der Waals surface area contributed by atoms with Crippen LogP contribution in [-0.4, -0.2) is 42.8 Å². The molecule has 1 N–H and O–H groups in total. The molecule has 1 atom stereocenters. The maximum atomic E-state index is 12.9. The lowest BCUT2D eigenvalue weighted by molar-refractivity contribution is -0.111. The number of halogens is 1. The van der Waals surface area contributed by atoms with Gasteiger partial charge in [0.15, 0.2) is 0 Å². The van der Waals surface area contributed by atoms with Gasteiger partial charge in [-0.3, -0.25) is 4.79 Å². The van der Waals surface area contributed by atoms with Crippen LogP contribution in [-0.2, 0) is 22.4 Å². The number of hydrogen-bond donors (Lipinski definition) is 1. The Balaban J connectivity index is 1.36. The quantitative estimate of drug-likeness (QED) is 0.730. The summed E-state index contributed by atoms with van der Waals surface area (Å²) in [7, 11) is 0. The molecule has 3 heterocycles. The third-order valence-corrected chi connectivity index (χ3v) is 6.39. The van der Waals surface area contributed by atoms with E-state index in [1.165, 1.54) is 34.8 Å². The summed E-state index contributed by atoms with van der Waals surface area (Å²) in [5, 5.41) is 12.9. The van der Waals surface area contributed by atoms with Gasteiger partial charge in [-0.15, -0.1) is 11.3 Å². The minimum atomic E-state index is -0.950. The normalized spacial score (nSPS) is 18.5. The molecule has 2 aromatic rings. The first-order valence-electron chi connectivity index (χ1n) is 9.65. The summed E-state index contributed by atoms with van der Waals surface area (Å²) in [6, 6.07) is 3.94. The summed E-state index contributed by atoms with van der Waals surface area (Å²) in [6.45, 7) is 0.463. The first-order chi connectivity index (χ1) is 14.5. The van der Waals surface area contributed by atoms with E-state index >= 15 is 0 Å². The van der Waals surface area contributed by atoms with Crippen molar-refractivity contribution in [3.8, 4) is 6.07 Å². The van der Waals surface area contributed by atoms with Crippen LogP contribution in [0.4, 0.5) is 14.2 Å². The van der Waals surface area contributed by atoms with Crippen LogP contribution in [0.2, 0.25) is 0 Å². The molecular formula is C21H20FN3O4S. The van der Waals surface area contributed by atoms with Crippen molar-refractivity contribution in [2.75, 3.05) is 25.0 Å². The number of carbonyl (C=O) groups is 2. The van der Waals surface area contributed by atoms with Crippen LogP contribution in [0.5, 0.6) is 0 Å². The lowest BCUT2D eigenvalue weighted by atomic mass is 9.88. The van der Waals surface area contributed by atoms with Crippen molar-refractivity contribution in [2.24, 2.45) is 5.92 Å². The first-order valence-corrected chi connectivity index (χ1v) is 10.5. The highest BCUT2D eigenvalue weighted by Crippen LogP contribution is 2.39. The monoisotopic (exact) mass is 429 g/mol. The van der Waals surface area contributed by atoms with Crippen LogP contribution in [0, 0.1) is 17.2 Å². The Hall–Kier alpha value is -3.12. The molecule has 1 aliphatic heterocycles. The van der Waals surface area contributed by atoms with E-state index in [0.717, 1.165) is 22.4 Å². The van der Waals surface area contributed by atoms with Crippen molar-refractivity contribution in [1.82, 2.24) is 4.90 Å². The fourth-order valence-electron chi connectivity index (χ4n) is 3.55. The minimum Gasteiger partial charge on any atom is -0.472 e. The molecule has 1 unspecified atom stereocenters. The predicted molar refractivity (Wildman–Crippen MR) is 109 cm³/mol. The number of fused-ring (bicyclic) bond motifs is 1. The van der Waals surface area contributed by atoms with Crippen LogP contribution < -0.4 is 5.32 Å². The number of anilines is 1. The Morgan fingerprint density at radius 2 is 2.30 bits per heavy atom. The Kier molecular flexibility index (Phi) is 5.86. The summed E-state index contributed by atoms with van der Waals surface area (Å²) in [4.78, 5) is 26.5. The second kappa shape index (κ2) is 8.71. The number of thiophene rings is 1. The lowest BCUT2D eigenvalue weighted by Crippen LogP contribution is -2.51. The van der Waals surface area contributed by atoms with Gasteiger partial charge in [-0.2, -0.15) is 5.26 Å². The third-order valence-electron chi connectivity index (χ3n) is 5.22. The summed E-state index contributed by atoms with van der Waals surface area (Å²) >= 11 is 1.39. The number of furan rings is 1. The topological polar surface area (TPSA) is 95.6 Å². The number of nitriles is 1. The van der Waals surface area contributed by atoms with E-state index in [2.05, 4.69) is 11.4 Å². The molecular weight excluding hydrogens is 409 g/mol. The molecule has 0 saturated carbocycles. The van der Waals surface area contributed by atoms with Crippen LogP contribution in [0.25, 0.3) is 6.08 Å². The maximum Gasteiger partial charge on any atom is 0.409 e. The standard InChI is InChI=1S/C21H20FN3O4S/c22-15-9-25(10-15)21(27)29-12-14-1-3-16-17(8-23)20(30-18(16)7-14)24-19(26)4-2-13-5-6-28-11-13/h2,4-6,11,14-15H,1,3,7,9-10,12H2,(H,24,26)/b4-2+. The fraction of sp³-hybridized carbons (Fsp3) is 0.381. The Bertz CT molecular complexity index is 1000. The third kappa shape index (κ3) is 4.39. The lowest BCUT2D eigenvalue weighted by Gasteiger charge is -2.33. The highest BCUT2D eigenvalue weighted by atomic mass is 32.1. The summed E-state index contributed by atoms with van der Waals surface area (Å²) in [6.07, 6.45) is 6.79. The number of nitrogens with zero attached hydrogens (tertiary/aromatic N) is 2. The van der Waals surface area contributed by atoms with Crippen molar-refractivity contribution in [1.29, 1.82) is 5.26 Å². The summed E-state index contributed by atoms with van der Waals surface area (Å²) < 4.78 is 23.1. The fourth-order valence-corrected chi connectivity index (χ4v) is 4.87. The second-order valence-electron chi connectivity index (χ2n) is 7.39. The molecule has 1 saturated heterocycles. The van der Waals surface area contributed by atoms with Crippen LogP contribution in [0.3, 0.4) is 0 Å². The first kappa shape index (κ1) is 20.2. The van der Waals surface area contributed by atoms with Gasteiger partial charge in [0.05, 0.1) is 37.8 Å². The van der Waals surface area contributed by atoms with Gasteiger partial charge in [0, 0.05) is 16.5 Å². The molecule has 1 fully saturated rings. The number of nitrogens with one attached hydrogen (secondary N) is 1. The van der Waals surface area contributed by atoms with Gasteiger partial charge >= 0.3 is 6.09 Å². The van der Waals surface area contributed by atoms with Crippen molar-refractivity contribution in [2.45, 2.75) is 25.4 Å². The van der Waals surface area contributed by atoms with Gasteiger partial charge in [0.1, 0.15) is 17.2 Å². The number of likely N-dealkylation sites (tertiary alicyclic amines) is 1. The second-order valence-corrected chi connectivity index (χ2v) is 8.49. The highest BCUT2D eigenvalue weighted by molar-refractivity contribution is 7.16. The van der Waals surface area contributed by atoms with Crippen LogP contribution >= 0.6 is 11.3 Å². The molecule has 0 bridgehead atoms. The van der Waals surface area contributed by atoms with E-state index < -0.39 is 12.3 Å². The van der Waals surface area contributed by atoms with E-state index in [9.17, 15) is 19.2 Å². The van der Waals surface area contributed by atoms with E-state index in [0.29, 0.717) is 23.4 Å². The molecule has 0 aromatic carbocycles. The Labute approximate surface area is 176 Å². The number of rotatable bonds is 5. The van der Waals surface area contributed by atoms with E-state index in [1.54, 1.807) is 12.1 Å². The van der Waals surface area contributed by atoms with E-state index in [-0.39, 0.29) is 31.5 Å². The molecule has 2 aromatic heterocycles. The molecule has 7 nitrogen and oxygen atoms in total. The molecule has 4 rings (SSSR count). The summed E-state index contributed by atoms with van der Waals surface area (Å²) in [5.74, 6) is -0.184. The van der Waals surface area contributed by atoms with Gasteiger partial charge in [-0.05, 0) is 42.9 Å². The van der Waals surface area contributed by atoms with Gasteiger partial charge in [-0.25, -0.2) is 9.18 Å². The van der Waals surface area contributed by atoms with Gasteiger partial charge in [-0.1, -0.05) is 0 Å². The molecule has 156 valence electrons. The minimum absolute atomic E-state index is 0.0994. The van der Waals surface area contributed by atoms with Crippen molar-refractivity contribution in [3.63, 3.8) is 0 Å². The molecule has 0 radical (unpaired) electrons. The molecule has 1 aliphatic carbocycles. The summed E-state index contributed by atoms with van der Waals surface area (Å²) in [5.41, 5.74) is 2.24. The Morgan fingerprint density at radius 3 is 3.00 bits per heavy atom. The molecule has 2 amide bonds. The zero-order chi connectivity index (χ0) is 21.1. The zero-order valence-corrected chi connectivity index (χ0v) is 16.9. The maximum absolute atomic E-state index is 12.9. The molecule has 2 aliphatic rings. The number of amides is 2. The zero-order valence-electron chi connectivity index (χ0n) is 16.1. The SMILES string of the molecule is N#Cc1c(NC(=O)/C=C/c2ccoc2)sc2c1CCC(COC(=O)N1CC(F)C1)C2. The van der Waals surface area contributed by atoms with Gasteiger partial charge in [0.25, 0.3) is 0 Å². The molecule has 9 heteroatoms. The number of carbonyl (C=O) groups excluding carboxylic acids is 2. The van der Waals surface area contributed by atoms with E-state index in [1.807, 2.05) is 0 Å². The van der Waals surface area contributed by atoms with Crippen molar-refractivity contribution >= 4 is 34.4 Å². The largest absolute Gasteiger partial charge is 0.472 e. The number of hydrogen-bond acceptors (Lipinski definition) is 6. The molecule has 0 spiro atoms. The Morgan fingerprint density at radius 1 is 1.47 bits per heavy atom. The van der Waals surface area contributed by atoms with E-state index in [4.69, 9.17) is 9.15 Å². The predicted octanol–water partition coefficient (Wildman–Crippen LogP) is 3.76. The number of alkyl halides is 1. The van der Waals surface area contributed by atoms with Crippen LogP contribution in [0.1, 0.15) is 28.0 Å². The smallest absolute Gasteiger partial charge is 0.409 e. The average Bonchev–Trinajstić information content (AvgIpc) is 3.34. The van der Waals surface area contributed by atoms with Crippen molar-refractivity contribution < 1.29 is 23.1 Å². The van der Waals surface area contributed by atoms with Crippen molar-refractivity contribution in [3.05, 3.63) is 46.2 Å². The van der Waals surface area contributed by atoms with Gasteiger partial charge < -0.3 is 19.4 Å².